The van der Waals surface area contributed by atoms with Gasteiger partial charge in [-0.05, 0) is 26.0 Å². The van der Waals surface area contributed by atoms with E-state index in [1.54, 1.807) is 11.3 Å². The highest BCUT2D eigenvalue weighted by molar-refractivity contribution is 7.09. The molecule has 4 nitrogen and oxygen atoms in total. The van der Waals surface area contributed by atoms with Gasteiger partial charge >= 0.3 is 0 Å². The Morgan fingerprint density at radius 2 is 2.06 bits per heavy atom. The molecule has 0 radical (unpaired) electrons. The zero-order chi connectivity index (χ0) is 12.8. The molecule has 5 heteroatoms. The van der Waals surface area contributed by atoms with E-state index in [9.17, 15) is 0 Å². The molecule has 2 rings (SSSR count). The van der Waals surface area contributed by atoms with Gasteiger partial charge < -0.3 is 10.2 Å². The van der Waals surface area contributed by atoms with Crippen LogP contribution in [-0.2, 0) is 6.54 Å². The second-order valence-electron chi connectivity index (χ2n) is 3.86. The number of nitrogens with one attached hydrogen (secondary N) is 1. The molecule has 0 aliphatic rings. The number of anilines is 2. The summed E-state index contributed by atoms with van der Waals surface area (Å²) in [5, 5.41) is 6.39. The Morgan fingerprint density at radius 3 is 2.61 bits per heavy atom. The molecule has 0 aliphatic carbocycles. The van der Waals surface area contributed by atoms with Crippen LogP contribution in [0.15, 0.2) is 29.9 Å². The number of pyridine rings is 1. The molecule has 2 aromatic heterocycles. The summed E-state index contributed by atoms with van der Waals surface area (Å²) in [6.07, 6.45) is 3.70. The molecule has 96 valence electrons. The molecular weight excluding hydrogens is 244 g/mol. The molecule has 0 spiro atoms. The second kappa shape index (κ2) is 6.35. The molecule has 0 fully saturated rings. The van der Waals surface area contributed by atoms with Crippen LogP contribution in [0.2, 0.25) is 0 Å². The van der Waals surface area contributed by atoms with Crippen molar-refractivity contribution in [1.82, 2.24) is 9.97 Å². The molecule has 0 bridgehead atoms. The lowest BCUT2D eigenvalue weighted by Crippen LogP contribution is -2.22. The predicted octanol–water partition coefficient (Wildman–Crippen LogP) is 3.00. The predicted molar refractivity (Wildman–Crippen MR) is 77.2 cm³/mol. The molecule has 0 aliphatic heterocycles. The van der Waals surface area contributed by atoms with Crippen LogP contribution in [-0.4, -0.2) is 23.1 Å². The van der Waals surface area contributed by atoms with E-state index in [0.717, 1.165) is 36.1 Å². The van der Waals surface area contributed by atoms with E-state index in [2.05, 4.69) is 46.2 Å². The third kappa shape index (κ3) is 3.20. The van der Waals surface area contributed by atoms with Crippen LogP contribution in [0.1, 0.15) is 18.9 Å². The van der Waals surface area contributed by atoms with E-state index >= 15 is 0 Å². The Bertz CT molecular complexity index is 448. The first-order chi connectivity index (χ1) is 8.83. The number of hydrogen-bond donors (Lipinski definition) is 1. The Kier molecular flexibility index (Phi) is 4.52. The van der Waals surface area contributed by atoms with Gasteiger partial charge in [0.25, 0.3) is 0 Å². The zero-order valence-corrected chi connectivity index (χ0v) is 11.6. The van der Waals surface area contributed by atoms with Crippen molar-refractivity contribution in [1.29, 1.82) is 0 Å². The number of nitrogens with zero attached hydrogens (tertiary/aromatic N) is 3. The minimum atomic E-state index is 0.754. The average molecular weight is 262 g/mol. The fraction of sp³-hybridized carbons (Fsp3) is 0.385. The van der Waals surface area contributed by atoms with Crippen LogP contribution in [0.3, 0.4) is 0 Å². The second-order valence-corrected chi connectivity index (χ2v) is 4.84. The number of hydrogen-bond acceptors (Lipinski definition) is 5. The molecule has 0 saturated heterocycles. The number of aromatic nitrogens is 2. The average Bonchev–Trinajstić information content (AvgIpc) is 2.92. The van der Waals surface area contributed by atoms with Gasteiger partial charge in [-0.1, -0.05) is 0 Å². The summed E-state index contributed by atoms with van der Waals surface area (Å²) in [6, 6.07) is 4.12. The van der Waals surface area contributed by atoms with Crippen molar-refractivity contribution in [3.05, 3.63) is 34.9 Å². The normalized spacial score (nSPS) is 10.3. The third-order valence-electron chi connectivity index (χ3n) is 2.76. The topological polar surface area (TPSA) is 41.0 Å². The van der Waals surface area contributed by atoms with Crippen LogP contribution in [0, 0.1) is 0 Å². The van der Waals surface area contributed by atoms with Crippen molar-refractivity contribution in [2.24, 2.45) is 0 Å². The summed E-state index contributed by atoms with van der Waals surface area (Å²) >= 11 is 1.66. The van der Waals surface area contributed by atoms with Crippen molar-refractivity contribution in [3.63, 3.8) is 0 Å². The van der Waals surface area contributed by atoms with Crippen molar-refractivity contribution in [3.8, 4) is 0 Å². The van der Waals surface area contributed by atoms with Crippen molar-refractivity contribution in [2.75, 3.05) is 23.3 Å². The van der Waals surface area contributed by atoms with Gasteiger partial charge in [0, 0.05) is 24.7 Å². The highest BCUT2D eigenvalue weighted by Gasteiger charge is 2.03. The van der Waals surface area contributed by atoms with Crippen LogP contribution in [0.25, 0.3) is 0 Å². The molecule has 0 aromatic carbocycles. The maximum absolute atomic E-state index is 4.47. The fourth-order valence-corrected chi connectivity index (χ4v) is 2.30. The van der Waals surface area contributed by atoms with Gasteiger partial charge in [0.15, 0.2) is 0 Å². The number of rotatable bonds is 6. The lowest BCUT2D eigenvalue weighted by molar-refractivity contribution is 0.846. The standard InChI is InChI=1S/C13H18N4S/c1-3-17(4-2)12-6-5-11(9-16-12)15-10-13-14-7-8-18-13/h5-9,15H,3-4,10H2,1-2H3. The van der Waals surface area contributed by atoms with E-state index in [1.165, 1.54) is 0 Å². The monoisotopic (exact) mass is 262 g/mol. The van der Waals surface area contributed by atoms with Gasteiger partial charge in [0.05, 0.1) is 18.4 Å². The van der Waals surface area contributed by atoms with Crippen LogP contribution >= 0.6 is 11.3 Å². The van der Waals surface area contributed by atoms with E-state index < -0.39 is 0 Å². The Labute approximate surface area is 112 Å². The van der Waals surface area contributed by atoms with Crippen LogP contribution in [0.4, 0.5) is 11.5 Å². The van der Waals surface area contributed by atoms with Crippen LogP contribution < -0.4 is 10.2 Å². The molecule has 0 atom stereocenters. The quantitative estimate of drug-likeness (QED) is 0.869. The molecule has 0 saturated carbocycles. The third-order valence-corrected chi connectivity index (χ3v) is 3.54. The molecule has 2 heterocycles. The first-order valence-electron chi connectivity index (χ1n) is 6.16. The summed E-state index contributed by atoms with van der Waals surface area (Å²) in [6.45, 7) is 6.99. The van der Waals surface area contributed by atoms with Gasteiger partial charge in [0.1, 0.15) is 10.8 Å². The Hall–Kier alpha value is -1.62. The van der Waals surface area contributed by atoms with E-state index in [0.29, 0.717) is 0 Å². The van der Waals surface area contributed by atoms with Gasteiger partial charge in [-0.3, -0.25) is 0 Å². The fourth-order valence-electron chi connectivity index (χ4n) is 1.74. The van der Waals surface area contributed by atoms with E-state index in [1.807, 2.05) is 17.8 Å². The van der Waals surface area contributed by atoms with Gasteiger partial charge in [-0.25, -0.2) is 9.97 Å². The number of thiazole rings is 1. The molecule has 1 N–H and O–H groups in total. The molecular formula is C13H18N4S. The Balaban J connectivity index is 1.95. The minimum Gasteiger partial charge on any atom is -0.377 e. The van der Waals surface area contributed by atoms with Crippen molar-refractivity contribution >= 4 is 22.8 Å². The summed E-state index contributed by atoms with van der Waals surface area (Å²) in [5.74, 6) is 1.03. The van der Waals surface area contributed by atoms with Gasteiger partial charge in [0.2, 0.25) is 0 Å². The highest BCUT2D eigenvalue weighted by atomic mass is 32.1. The zero-order valence-electron chi connectivity index (χ0n) is 10.8. The Morgan fingerprint density at radius 1 is 1.22 bits per heavy atom. The summed E-state index contributed by atoms with van der Waals surface area (Å²) in [7, 11) is 0. The SMILES string of the molecule is CCN(CC)c1ccc(NCc2nccs2)cn1. The largest absolute Gasteiger partial charge is 0.377 e. The lowest BCUT2D eigenvalue weighted by atomic mass is 10.3. The van der Waals surface area contributed by atoms with Gasteiger partial charge in [-0.2, -0.15) is 0 Å². The molecule has 0 unspecified atom stereocenters. The van der Waals surface area contributed by atoms with E-state index in [4.69, 9.17) is 0 Å². The minimum absolute atomic E-state index is 0.754. The first-order valence-corrected chi connectivity index (χ1v) is 7.04. The molecule has 0 amide bonds. The summed E-state index contributed by atoms with van der Waals surface area (Å²) in [5.41, 5.74) is 1.03. The summed E-state index contributed by atoms with van der Waals surface area (Å²) in [4.78, 5) is 10.9. The molecule has 18 heavy (non-hydrogen) atoms. The van der Waals surface area contributed by atoms with Gasteiger partial charge in [-0.15, -0.1) is 11.3 Å². The first kappa shape index (κ1) is 12.8. The smallest absolute Gasteiger partial charge is 0.128 e. The highest BCUT2D eigenvalue weighted by Crippen LogP contribution is 2.15. The van der Waals surface area contributed by atoms with Crippen molar-refractivity contribution < 1.29 is 0 Å². The van der Waals surface area contributed by atoms with Crippen LogP contribution in [0.5, 0.6) is 0 Å². The maximum Gasteiger partial charge on any atom is 0.128 e. The molecule has 2 aromatic rings. The lowest BCUT2D eigenvalue weighted by Gasteiger charge is -2.19. The maximum atomic E-state index is 4.47. The summed E-state index contributed by atoms with van der Waals surface area (Å²) < 4.78 is 0. The van der Waals surface area contributed by atoms with Crippen molar-refractivity contribution in [2.45, 2.75) is 20.4 Å². The van der Waals surface area contributed by atoms with E-state index in [-0.39, 0.29) is 0 Å².